The maximum Gasteiger partial charge on any atom is 0.264 e. The number of nitriles is 1. The molecule has 2 aliphatic heterocycles. The summed E-state index contributed by atoms with van der Waals surface area (Å²) in [5.74, 6) is 0.254. The van der Waals surface area contributed by atoms with Gasteiger partial charge in [0, 0.05) is 23.6 Å². The summed E-state index contributed by atoms with van der Waals surface area (Å²) in [6.07, 6.45) is 4.57. The van der Waals surface area contributed by atoms with Crippen LogP contribution in [0.5, 0.6) is 11.5 Å². The average molecular weight is 554 g/mol. The minimum Gasteiger partial charge on any atom is -0.457 e. The number of hydrogen-bond acceptors (Lipinski definition) is 8. The van der Waals surface area contributed by atoms with Gasteiger partial charge in [0.2, 0.25) is 0 Å². The number of anilines is 1. The summed E-state index contributed by atoms with van der Waals surface area (Å²) < 4.78 is 28.2. The minimum atomic E-state index is -0.539. The fraction of sp³-hybridized carbons (Fsp3) is 0.300. The van der Waals surface area contributed by atoms with Gasteiger partial charge in [0.15, 0.2) is 5.65 Å². The van der Waals surface area contributed by atoms with Crippen molar-refractivity contribution in [2.75, 3.05) is 25.5 Å². The number of carbonyl (C=O) groups excluding carboxylic acids is 1. The van der Waals surface area contributed by atoms with E-state index in [0.29, 0.717) is 54.5 Å². The molecule has 2 N–H and O–H groups in total. The van der Waals surface area contributed by atoms with E-state index in [1.807, 2.05) is 25.1 Å². The fourth-order valence-electron chi connectivity index (χ4n) is 5.37. The standard InChI is InChI=1S/C30H28FN7O3/c1-30(16-40-17-30)13-19(14-32)29(39)37-11-5-6-20(37)15-38-28-25(27(33)34-18-35-28)26(36-38)23-10-9-22(12-24(23)31)41-21-7-3-2-4-8-21/h2-4,7-10,12-13,18,20H,5-6,11,15-17H2,1H3,(H2,33,34,35). The smallest absolute Gasteiger partial charge is 0.264 e. The number of likely N-dealkylation sites (tertiary alicyclic amines) is 1. The van der Waals surface area contributed by atoms with Crippen LogP contribution in [0.25, 0.3) is 22.3 Å². The molecule has 11 heteroatoms. The van der Waals surface area contributed by atoms with Gasteiger partial charge in [0.25, 0.3) is 5.91 Å². The van der Waals surface area contributed by atoms with Crippen molar-refractivity contribution >= 4 is 22.8 Å². The van der Waals surface area contributed by atoms with Crippen LogP contribution in [0.3, 0.4) is 0 Å². The van der Waals surface area contributed by atoms with Crippen LogP contribution < -0.4 is 10.5 Å². The molecule has 0 radical (unpaired) electrons. The van der Waals surface area contributed by atoms with Gasteiger partial charge < -0.3 is 20.1 Å². The molecule has 6 rings (SSSR count). The molecule has 1 amide bonds. The predicted octanol–water partition coefficient (Wildman–Crippen LogP) is 4.48. The Kier molecular flexibility index (Phi) is 6.85. The topological polar surface area (TPSA) is 132 Å². The second kappa shape index (κ2) is 10.6. The lowest BCUT2D eigenvalue weighted by molar-refractivity contribution is -0.128. The largest absolute Gasteiger partial charge is 0.457 e. The number of rotatable bonds is 7. The summed E-state index contributed by atoms with van der Waals surface area (Å²) in [6, 6.07) is 15.5. The van der Waals surface area contributed by atoms with Crippen LogP contribution in [0.4, 0.5) is 10.2 Å². The highest BCUT2D eigenvalue weighted by molar-refractivity contribution is 5.99. The summed E-state index contributed by atoms with van der Waals surface area (Å²) in [4.78, 5) is 23.6. The van der Waals surface area contributed by atoms with Crippen LogP contribution in [-0.2, 0) is 16.1 Å². The van der Waals surface area contributed by atoms with Gasteiger partial charge in [0.1, 0.15) is 46.8 Å². The Morgan fingerprint density at radius 3 is 2.76 bits per heavy atom. The number of fused-ring (bicyclic) bond motifs is 1. The Balaban J connectivity index is 1.30. The van der Waals surface area contributed by atoms with Crippen LogP contribution in [0.2, 0.25) is 0 Å². The Morgan fingerprint density at radius 1 is 1.24 bits per heavy atom. The highest BCUT2D eigenvalue weighted by Crippen LogP contribution is 2.35. The van der Waals surface area contributed by atoms with E-state index in [4.69, 9.17) is 20.3 Å². The van der Waals surface area contributed by atoms with Crippen molar-refractivity contribution < 1.29 is 18.7 Å². The molecule has 2 aromatic carbocycles. The van der Waals surface area contributed by atoms with Crippen molar-refractivity contribution in [3.05, 3.63) is 72.3 Å². The van der Waals surface area contributed by atoms with Crippen LogP contribution in [0.1, 0.15) is 19.8 Å². The second-order valence-electron chi connectivity index (χ2n) is 10.7. The third kappa shape index (κ3) is 5.10. The van der Waals surface area contributed by atoms with E-state index < -0.39 is 5.82 Å². The van der Waals surface area contributed by atoms with Crippen molar-refractivity contribution in [1.29, 1.82) is 5.26 Å². The van der Waals surface area contributed by atoms with Crippen molar-refractivity contribution in [2.24, 2.45) is 5.41 Å². The Labute approximate surface area is 235 Å². The van der Waals surface area contributed by atoms with Crippen LogP contribution in [0.15, 0.2) is 66.5 Å². The number of amides is 1. The van der Waals surface area contributed by atoms with E-state index >= 15 is 4.39 Å². The fourth-order valence-corrected chi connectivity index (χ4v) is 5.37. The quantitative estimate of drug-likeness (QED) is 0.262. The van der Waals surface area contributed by atoms with E-state index in [0.717, 1.165) is 12.8 Å². The lowest BCUT2D eigenvalue weighted by atomic mass is 9.86. The Bertz CT molecular complexity index is 1690. The maximum atomic E-state index is 15.5. The van der Waals surface area contributed by atoms with E-state index in [1.165, 1.54) is 12.4 Å². The van der Waals surface area contributed by atoms with Crippen molar-refractivity contribution in [3.8, 4) is 28.8 Å². The van der Waals surface area contributed by atoms with Gasteiger partial charge in [-0.3, -0.25) is 4.79 Å². The summed E-state index contributed by atoms with van der Waals surface area (Å²) in [5, 5.41) is 14.9. The first kappa shape index (κ1) is 26.4. The maximum absolute atomic E-state index is 15.5. The van der Waals surface area contributed by atoms with Crippen LogP contribution in [0, 0.1) is 22.6 Å². The molecule has 1 atom stereocenters. The van der Waals surface area contributed by atoms with Gasteiger partial charge >= 0.3 is 0 Å². The van der Waals surface area contributed by atoms with E-state index in [9.17, 15) is 10.1 Å². The van der Waals surface area contributed by atoms with Crippen LogP contribution >= 0.6 is 0 Å². The normalized spacial score (nSPS) is 18.2. The molecule has 1 unspecified atom stereocenters. The number of nitrogens with zero attached hydrogens (tertiary/aromatic N) is 6. The summed E-state index contributed by atoms with van der Waals surface area (Å²) in [5.41, 5.74) is 6.99. The first-order chi connectivity index (χ1) is 19.8. The van der Waals surface area contributed by atoms with Gasteiger partial charge in [0.05, 0.1) is 31.2 Å². The molecule has 2 fully saturated rings. The van der Waals surface area contributed by atoms with Crippen molar-refractivity contribution in [3.63, 3.8) is 0 Å². The molecule has 0 bridgehead atoms. The van der Waals surface area contributed by atoms with Crippen LogP contribution in [-0.4, -0.2) is 56.4 Å². The summed E-state index contributed by atoms with van der Waals surface area (Å²) in [7, 11) is 0. The minimum absolute atomic E-state index is 0.111. The van der Waals surface area contributed by atoms with Gasteiger partial charge in [-0.05, 0) is 37.1 Å². The van der Waals surface area contributed by atoms with E-state index in [-0.39, 0.29) is 34.3 Å². The first-order valence-corrected chi connectivity index (χ1v) is 13.4. The monoisotopic (exact) mass is 553 g/mol. The zero-order chi connectivity index (χ0) is 28.6. The van der Waals surface area contributed by atoms with E-state index in [1.54, 1.807) is 39.9 Å². The Morgan fingerprint density at radius 2 is 2.05 bits per heavy atom. The molecule has 2 aliphatic rings. The number of aromatic nitrogens is 4. The van der Waals surface area contributed by atoms with E-state index in [2.05, 4.69) is 16.0 Å². The van der Waals surface area contributed by atoms with Gasteiger partial charge in [-0.15, -0.1) is 0 Å². The Hall–Kier alpha value is -4.82. The lowest BCUT2D eigenvalue weighted by Gasteiger charge is -2.35. The zero-order valence-electron chi connectivity index (χ0n) is 22.5. The molecule has 41 heavy (non-hydrogen) atoms. The van der Waals surface area contributed by atoms with Gasteiger partial charge in [-0.2, -0.15) is 10.4 Å². The van der Waals surface area contributed by atoms with Gasteiger partial charge in [-0.25, -0.2) is 19.0 Å². The van der Waals surface area contributed by atoms with Crippen molar-refractivity contribution in [2.45, 2.75) is 32.4 Å². The number of carbonyl (C=O) groups is 1. The number of nitrogen functional groups attached to an aromatic ring is 1. The molecule has 0 spiro atoms. The molecule has 4 aromatic rings. The highest BCUT2D eigenvalue weighted by Gasteiger charge is 2.36. The molecule has 0 aliphatic carbocycles. The lowest BCUT2D eigenvalue weighted by Crippen LogP contribution is -2.41. The zero-order valence-corrected chi connectivity index (χ0v) is 22.5. The van der Waals surface area contributed by atoms with Crippen molar-refractivity contribution in [1.82, 2.24) is 24.6 Å². The number of ether oxygens (including phenoxy) is 2. The predicted molar refractivity (Wildman–Crippen MR) is 149 cm³/mol. The van der Waals surface area contributed by atoms with Gasteiger partial charge in [-0.1, -0.05) is 31.2 Å². The number of nitrogens with two attached hydrogens (primary N) is 1. The third-order valence-corrected chi connectivity index (χ3v) is 7.46. The molecule has 0 saturated carbocycles. The second-order valence-corrected chi connectivity index (χ2v) is 10.7. The molecular weight excluding hydrogens is 525 g/mol. The molecule has 10 nitrogen and oxygen atoms in total. The SMILES string of the molecule is CC1(C=C(C#N)C(=O)N2CCCC2Cn2nc(-c3ccc(Oc4ccccc4)cc3F)c3c(N)ncnc32)COC1. The number of hydrogen-bond donors (Lipinski definition) is 1. The molecule has 4 heterocycles. The highest BCUT2D eigenvalue weighted by atomic mass is 19.1. The molecular formula is C30H28FN7O3. The molecule has 2 saturated heterocycles. The summed E-state index contributed by atoms with van der Waals surface area (Å²) in [6.45, 7) is 3.75. The average Bonchev–Trinajstić information content (AvgIpc) is 3.57. The number of halogens is 1. The third-order valence-electron chi connectivity index (χ3n) is 7.46. The number of para-hydroxylation sites is 1. The first-order valence-electron chi connectivity index (χ1n) is 13.4. The summed E-state index contributed by atoms with van der Waals surface area (Å²) >= 11 is 0. The molecule has 208 valence electrons. The molecule has 2 aromatic heterocycles. The number of benzene rings is 2.